The zero-order valence-corrected chi connectivity index (χ0v) is 8.52. The summed E-state index contributed by atoms with van der Waals surface area (Å²) in [4.78, 5) is 0. The van der Waals surface area contributed by atoms with Crippen LogP contribution in [0.15, 0.2) is 12.7 Å². The van der Waals surface area contributed by atoms with E-state index in [0.29, 0.717) is 13.1 Å². The fraction of sp³-hybridized carbons (Fsp3) is 0.750. The number of hydrogen-bond donors (Lipinski definition) is 1. The van der Waals surface area contributed by atoms with Crippen molar-refractivity contribution in [2.75, 3.05) is 18.8 Å². The molecule has 0 aromatic heterocycles. The standard InChI is InChI=1S/C8H17NO2S/c1-4-6-9-7-8(3)12(10,11)5-2/h4,8-9H,1,5-7H2,2-3H3. The molecule has 1 unspecified atom stereocenters. The van der Waals surface area contributed by atoms with Gasteiger partial charge in [-0.3, -0.25) is 0 Å². The third-order valence-corrected chi connectivity index (χ3v) is 3.93. The molecule has 12 heavy (non-hydrogen) atoms. The van der Waals surface area contributed by atoms with Gasteiger partial charge in [0.2, 0.25) is 0 Å². The largest absolute Gasteiger partial charge is 0.312 e. The van der Waals surface area contributed by atoms with Crippen LogP contribution in [0.3, 0.4) is 0 Å². The molecule has 0 heterocycles. The smallest absolute Gasteiger partial charge is 0.153 e. The van der Waals surface area contributed by atoms with E-state index in [9.17, 15) is 8.42 Å². The summed E-state index contributed by atoms with van der Waals surface area (Å²) in [6.45, 7) is 8.07. The molecule has 0 spiro atoms. The van der Waals surface area contributed by atoms with Crippen molar-refractivity contribution in [2.24, 2.45) is 0 Å². The van der Waals surface area contributed by atoms with E-state index in [0.717, 1.165) is 0 Å². The molecule has 1 atom stereocenters. The van der Waals surface area contributed by atoms with Gasteiger partial charge in [-0.1, -0.05) is 13.0 Å². The Balaban J connectivity index is 3.87. The third kappa shape index (κ3) is 3.88. The highest BCUT2D eigenvalue weighted by Crippen LogP contribution is 1.99. The van der Waals surface area contributed by atoms with E-state index < -0.39 is 9.84 Å². The van der Waals surface area contributed by atoms with Gasteiger partial charge in [0, 0.05) is 18.8 Å². The van der Waals surface area contributed by atoms with Gasteiger partial charge >= 0.3 is 0 Å². The fourth-order valence-corrected chi connectivity index (χ4v) is 1.74. The molecule has 0 saturated heterocycles. The monoisotopic (exact) mass is 191 g/mol. The third-order valence-electron chi connectivity index (χ3n) is 1.74. The number of hydrogen-bond acceptors (Lipinski definition) is 3. The van der Waals surface area contributed by atoms with Crippen molar-refractivity contribution in [3.8, 4) is 0 Å². The summed E-state index contributed by atoms with van der Waals surface area (Å²) >= 11 is 0. The average Bonchev–Trinajstić information content (AvgIpc) is 2.05. The first-order valence-electron chi connectivity index (χ1n) is 4.07. The van der Waals surface area contributed by atoms with E-state index >= 15 is 0 Å². The average molecular weight is 191 g/mol. The van der Waals surface area contributed by atoms with Gasteiger partial charge in [0.05, 0.1) is 5.25 Å². The molecule has 0 amide bonds. The minimum Gasteiger partial charge on any atom is -0.312 e. The Morgan fingerprint density at radius 1 is 1.58 bits per heavy atom. The van der Waals surface area contributed by atoms with Crippen LogP contribution in [-0.4, -0.2) is 32.5 Å². The van der Waals surface area contributed by atoms with Crippen LogP contribution in [0.1, 0.15) is 13.8 Å². The second-order valence-electron chi connectivity index (χ2n) is 2.71. The molecule has 0 rings (SSSR count). The Labute approximate surface area is 74.8 Å². The van der Waals surface area contributed by atoms with Crippen molar-refractivity contribution in [3.05, 3.63) is 12.7 Å². The van der Waals surface area contributed by atoms with Gasteiger partial charge in [-0.25, -0.2) is 8.42 Å². The van der Waals surface area contributed by atoms with Crippen LogP contribution in [0, 0.1) is 0 Å². The Hall–Kier alpha value is -0.350. The summed E-state index contributed by atoms with van der Waals surface area (Å²) in [6.07, 6.45) is 1.71. The van der Waals surface area contributed by atoms with E-state index in [-0.39, 0.29) is 11.0 Å². The molecule has 0 aliphatic carbocycles. The lowest BCUT2D eigenvalue weighted by Gasteiger charge is -2.10. The van der Waals surface area contributed by atoms with Crippen LogP contribution in [0.2, 0.25) is 0 Å². The molecule has 0 aliphatic heterocycles. The SMILES string of the molecule is C=CCNCC(C)S(=O)(=O)CC. The predicted molar refractivity (Wildman–Crippen MR) is 52.0 cm³/mol. The van der Waals surface area contributed by atoms with E-state index in [2.05, 4.69) is 11.9 Å². The lowest BCUT2D eigenvalue weighted by Crippen LogP contribution is -2.32. The van der Waals surface area contributed by atoms with Crippen molar-refractivity contribution >= 4 is 9.84 Å². The zero-order valence-electron chi connectivity index (χ0n) is 7.71. The van der Waals surface area contributed by atoms with Crippen molar-refractivity contribution in [3.63, 3.8) is 0 Å². The van der Waals surface area contributed by atoms with Gasteiger partial charge in [0.1, 0.15) is 0 Å². The Bertz CT molecular complexity index is 221. The maximum atomic E-state index is 11.2. The molecule has 0 bridgehead atoms. The summed E-state index contributed by atoms with van der Waals surface area (Å²) in [5.41, 5.74) is 0. The molecule has 0 aromatic rings. The zero-order chi connectivity index (χ0) is 9.61. The van der Waals surface area contributed by atoms with Crippen LogP contribution < -0.4 is 5.32 Å². The Morgan fingerprint density at radius 3 is 2.58 bits per heavy atom. The molecule has 72 valence electrons. The second kappa shape index (κ2) is 5.32. The summed E-state index contributed by atoms with van der Waals surface area (Å²) in [6, 6.07) is 0. The number of nitrogens with one attached hydrogen (secondary N) is 1. The molecule has 0 aromatic carbocycles. The van der Waals surface area contributed by atoms with E-state index in [1.165, 1.54) is 0 Å². The van der Waals surface area contributed by atoms with Crippen molar-refractivity contribution in [2.45, 2.75) is 19.1 Å². The van der Waals surface area contributed by atoms with E-state index in [1.54, 1.807) is 19.9 Å². The molecule has 0 saturated carbocycles. The van der Waals surface area contributed by atoms with Crippen LogP contribution in [0.25, 0.3) is 0 Å². The first-order valence-corrected chi connectivity index (χ1v) is 5.79. The molecule has 1 N–H and O–H groups in total. The van der Waals surface area contributed by atoms with Crippen molar-refractivity contribution in [1.29, 1.82) is 0 Å². The molecular weight excluding hydrogens is 174 g/mol. The topological polar surface area (TPSA) is 46.2 Å². The number of rotatable bonds is 6. The second-order valence-corrected chi connectivity index (χ2v) is 5.42. The van der Waals surface area contributed by atoms with Gasteiger partial charge in [-0.2, -0.15) is 0 Å². The van der Waals surface area contributed by atoms with Gasteiger partial charge in [0.15, 0.2) is 9.84 Å². The maximum Gasteiger partial charge on any atom is 0.153 e. The lowest BCUT2D eigenvalue weighted by atomic mass is 10.4. The minimum absolute atomic E-state index is 0.212. The minimum atomic E-state index is -2.88. The van der Waals surface area contributed by atoms with Gasteiger partial charge in [-0.15, -0.1) is 6.58 Å². The highest BCUT2D eigenvalue weighted by atomic mass is 32.2. The van der Waals surface area contributed by atoms with Gasteiger partial charge in [-0.05, 0) is 6.92 Å². The predicted octanol–water partition coefficient (Wildman–Crippen LogP) is 0.585. The van der Waals surface area contributed by atoms with E-state index in [1.807, 2.05) is 0 Å². The maximum absolute atomic E-state index is 11.2. The Morgan fingerprint density at radius 2 is 2.17 bits per heavy atom. The van der Waals surface area contributed by atoms with Crippen LogP contribution in [0.4, 0.5) is 0 Å². The van der Waals surface area contributed by atoms with Gasteiger partial charge in [0.25, 0.3) is 0 Å². The van der Waals surface area contributed by atoms with E-state index in [4.69, 9.17) is 0 Å². The lowest BCUT2D eigenvalue weighted by molar-refractivity contribution is 0.577. The molecule has 3 nitrogen and oxygen atoms in total. The quantitative estimate of drug-likeness (QED) is 0.493. The van der Waals surface area contributed by atoms with Crippen LogP contribution >= 0.6 is 0 Å². The number of sulfone groups is 1. The first kappa shape index (κ1) is 11.6. The first-order chi connectivity index (χ1) is 5.54. The van der Waals surface area contributed by atoms with Gasteiger partial charge < -0.3 is 5.32 Å². The summed E-state index contributed by atoms with van der Waals surface area (Å²) in [5, 5.41) is 2.67. The molecule has 4 heteroatoms. The normalized spacial score (nSPS) is 14.2. The summed E-state index contributed by atoms with van der Waals surface area (Å²) in [5.74, 6) is 0.212. The molecule has 0 fully saturated rings. The summed E-state index contributed by atoms with van der Waals surface area (Å²) < 4.78 is 22.5. The molecular formula is C8H17NO2S. The van der Waals surface area contributed by atoms with Crippen molar-refractivity contribution < 1.29 is 8.42 Å². The highest BCUT2D eigenvalue weighted by Gasteiger charge is 2.16. The van der Waals surface area contributed by atoms with Crippen molar-refractivity contribution in [1.82, 2.24) is 5.32 Å². The molecule has 0 radical (unpaired) electrons. The molecule has 0 aliphatic rings. The van der Waals surface area contributed by atoms with Crippen LogP contribution in [-0.2, 0) is 9.84 Å². The summed E-state index contributed by atoms with van der Waals surface area (Å²) in [7, 11) is -2.88. The Kier molecular flexibility index (Phi) is 5.17. The fourth-order valence-electron chi connectivity index (χ4n) is 0.800. The highest BCUT2D eigenvalue weighted by molar-refractivity contribution is 7.92. The van der Waals surface area contributed by atoms with Crippen LogP contribution in [0.5, 0.6) is 0 Å².